The first kappa shape index (κ1) is 14.7. The summed E-state index contributed by atoms with van der Waals surface area (Å²) in [6.07, 6.45) is 0. The summed E-state index contributed by atoms with van der Waals surface area (Å²) >= 11 is 9.72. The molecule has 0 fully saturated rings. The maximum atomic E-state index is 13.4. The average Bonchev–Trinajstić information content (AvgIpc) is 2.36. The number of benzene rings is 2. The van der Waals surface area contributed by atoms with Gasteiger partial charge in [-0.05, 0) is 68.3 Å². The fourth-order valence-electron chi connectivity index (χ4n) is 1.42. The lowest BCUT2D eigenvalue weighted by Gasteiger charge is -2.08. The molecule has 2 nitrogen and oxygen atoms in total. The second kappa shape index (κ2) is 6.15. The molecule has 0 aliphatic carbocycles. The molecular weight excluding hydrogens is 445 g/mol. The molecule has 2 aromatic rings. The van der Waals surface area contributed by atoms with Crippen molar-refractivity contribution in [2.45, 2.75) is 0 Å². The maximum absolute atomic E-state index is 13.4. The van der Waals surface area contributed by atoms with Crippen LogP contribution in [-0.2, 0) is 0 Å². The normalized spacial score (nSPS) is 10.3. The van der Waals surface area contributed by atoms with Crippen molar-refractivity contribution in [3.05, 3.63) is 61.2 Å². The summed E-state index contributed by atoms with van der Waals surface area (Å²) in [5.74, 6) is -0.836. The zero-order valence-corrected chi connectivity index (χ0v) is 14.1. The molecule has 0 saturated carbocycles. The Morgan fingerprint density at radius 1 is 1.00 bits per heavy atom. The highest BCUT2D eigenvalue weighted by molar-refractivity contribution is 9.11. The second-order valence-corrected chi connectivity index (χ2v) is 6.33. The van der Waals surface area contributed by atoms with Gasteiger partial charge in [-0.2, -0.15) is 0 Å². The third-order valence-corrected chi connectivity index (χ3v) is 4.15. The zero-order valence-electron chi connectivity index (χ0n) is 9.38. The van der Waals surface area contributed by atoms with Gasteiger partial charge in [0.2, 0.25) is 0 Å². The average molecular weight is 452 g/mol. The van der Waals surface area contributed by atoms with Crippen molar-refractivity contribution in [3.8, 4) is 0 Å². The van der Waals surface area contributed by atoms with Gasteiger partial charge in [0.1, 0.15) is 5.82 Å². The van der Waals surface area contributed by atoms with Crippen LogP contribution in [0.2, 0.25) is 0 Å². The molecule has 0 aromatic heterocycles. The van der Waals surface area contributed by atoms with Crippen LogP contribution in [0.15, 0.2) is 49.8 Å². The molecule has 0 bridgehead atoms. The molecule has 2 rings (SSSR count). The molecule has 1 amide bonds. The van der Waals surface area contributed by atoms with Gasteiger partial charge in [-0.1, -0.05) is 15.9 Å². The molecule has 0 atom stereocenters. The fourth-order valence-corrected chi connectivity index (χ4v) is 2.82. The van der Waals surface area contributed by atoms with Crippen LogP contribution >= 0.6 is 47.8 Å². The van der Waals surface area contributed by atoms with Gasteiger partial charge in [0.25, 0.3) is 5.91 Å². The number of amides is 1. The van der Waals surface area contributed by atoms with E-state index in [9.17, 15) is 9.18 Å². The number of halogens is 4. The fraction of sp³-hybridized carbons (Fsp3) is 0. The van der Waals surface area contributed by atoms with Crippen LogP contribution in [0.5, 0.6) is 0 Å². The highest BCUT2D eigenvalue weighted by atomic mass is 79.9. The summed E-state index contributed by atoms with van der Waals surface area (Å²) in [4.78, 5) is 12.0. The van der Waals surface area contributed by atoms with Crippen LogP contribution in [0.1, 0.15) is 10.4 Å². The van der Waals surface area contributed by atoms with Crippen molar-refractivity contribution in [1.29, 1.82) is 0 Å². The molecule has 0 heterocycles. The molecule has 6 heteroatoms. The summed E-state index contributed by atoms with van der Waals surface area (Å²) in [5, 5.41) is 2.71. The van der Waals surface area contributed by atoms with E-state index in [2.05, 4.69) is 53.1 Å². The lowest BCUT2D eigenvalue weighted by atomic mass is 10.2. The topological polar surface area (TPSA) is 29.1 Å². The number of hydrogen-bond acceptors (Lipinski definition) is 1. The Labute approximate surface area is 134 Å². The van der Waals surface area contributed by atoms with Crippen molar-refractivity contribution >= 4 is 59.4 Å². The van der Waals surface area contributed by atoms with Gasteiger partial charge in [0.15, 0.2) is 0 Å². The molecule has 0 aliphatic heterocycles. The van der Waals surface area contributed by atoms with Crippen molar-refractivity contribution in [2.24, 2.45) is 0 Å². The number of carbonyl (C=O) groups excluding carboxylic acids is 1. The van der Waals surface area contributed by atoms with Crippen LogP contribution in [0.25, 0.3) is 0 Å². The number of rotatable bonds is 2. The highest BCUT2D eigenvalue weighted by Crippen LogP contribution is 2.26. The molecule has 98 valence electrons. The lowest BCUT2D eigenvalue weighted by Crippen LogP contribution is -2.12. The quantitative estimate of drug-likeness (QED) is 0.653. The zero-order chi connectivity index (χ0) is 14.0. The van der Waals surface area contributed by atoms with Gasteiger partial charge < -0.3 is 5.32 Å². The molecule has 0 spiro atoms. The van der Waals surface area contributed by atoms with Gasteiger partial charge in [0, 0.05) is 14.5 Å². The third kappa shape index (κ3) is 3.64. The minimum atomic E-state index is -0.470. The molecular formula is C13H7Br3FNO. The van der Waals surface area contributed by atoms with Crippen LogP contribution in [0.3, 0.4) is 0 Å². The Morgan fingerprint density at radius 3 is 2.37 bits per heavy atom. The van der Waals surface area contributed by atoms with E-state index in [1.54, 1.807) is 12.1 Å². The molecule has 0 aliphatic rings. The second-order valence-electron chi connectivity index (χ2n) is 3.71. The van der Waals surface area contributed by atoms with E-state index in [0.717, 1.165) is 8.95 Å². The first-order valence-electron chi connectivity index (χ1n) is 5.19. The molecule has 19 heavy (non-hydrogen) atoms. The van der Waals surface area contributed by atoms with Gasteiger partial charge in [0.05, 0.1) is 10.2 Å². The summed E-state index contributed by atoms with van der Waals surface area (Å²) in [6.45, 7) is 0. The largest absolute Gasteiger partial charge is 0.321 e. The Kier molecular flexibility index (Phi) is 4.76. The van der Waals surface area contributed by atoms with Crippen LogP contribution in [-0.4, -0.2) is 5.91 Å². The van der Waals surface area contributed by atoms with Crippen molar-refractivity contribution < 1.29 is 9.18 Å². The molecule has 1 N–H and O–H groups in total. The van der Waals surface area contributed by atoms with Crippen molar-refractivity contribution in [1.82, 2.24) is 0 Å². The smallest absolute Gasteiger partial charge is 0.255 e. The van der Waals surface area contributed by atoms with E-state index in [1.807, 2.05) is 12.1 Å². The number of hydrogen-bond donors (Lipinski definition) is 1. The molecule has 0 saturated heterocycles. The summed E-state index contributed by atoms with van der Waals surface area (Å²) < 4.78 is 15.3. The molecule has 0 unspecified atom stereocenters. The third-order valence-electron chi connectivity index (χ3n) is 2.36. The van der Waals surface area contributed by atoms with E-state index in [-0.39, 0.29) is 11.5 Å². The SMILES string of the molecule is O=C(Nc1ccc(Br)cc1Br)c1ccc(Br)c(F)c1. The summed E-state index contributed by atoms with van der Waals surface area (Å²) in [7, 11) is 0. The van der Waals surface area contributed by atoms with E-state index in [1.165, 1.54) is 12.1 Å². The Balaban J connectivity index is 2.23. The van der Waals surface area contributed by atoms with Gasteiger partial charge in [-0.15, -0.1) is 0 Å². The standard InChI is InChI=1S/C13H7Br3FNO/c14-8-2-4-12(10(16)6-8)18-13(19)7-1-3-9(15)11(17)5-7/h1-6H,(H,18,19). The van der Waals surface area contributed by atoms with Crippen LogP contribution < -0.4 is 5.32 Å². The highest BCUT2D eigenvalue weighted by Gasteiger charge is 2.10. The predicted octanol–water partition coefficient (Wildman–Crippen LogP) is 5.37. The van der Waals surface area contributed by atoms with E-state index >= 15 is 0 Å². The monoisotopic (exact) mass is 449 g/mol. The molecule has 0 radical (unpaired) electrons. The number of anilines is 1. The van der Waals surface area contributed by atoms with Gasteiger partial charge in [-0.3, -0.25) is 4.79 Å². The maximum Gasteiger partial charge on any atom is 0.255 e. The van der Waals surface area contributed by atoms with Crippen LogP contribution in [0.4, 0.5) is 10.1 Å². The van der Waals surface area contributed by atoms with Crippen molar-refractivity contribution in [2.75, 3.05) is 5.32 Å². The Morgan fingerprint density at radius 2 is 1.74 bits per heavy atom. The van der Waals surface area contributed by atoms with E-state index in [4.69, 9.17) is 0 Å². The minimum absolute atomic E-state index is 0.260. The van der Waals surface area contributed by atoms with Crippen molar-refractivity contribution in [3.63, 3.8) is 0 Å². The van der Waals surface area contributed by atoms with E-state index < -0.39 is 5.82 Å². The van der Waals surface area contributed by atoms with E-state index in [0.29, 0.717) is 10.2 Å². The Hall–Kier alpha value is -0.720. The number of nitrogens with one attached hydrogen (secondary N) is 1. The number of carbonyl (C=O) groups is 1. The van der Waals surface area contributed by atoms with Crippen LogP contribution in [0, 0.1) is 5.82 Å². The van der Waals surface area contributed by atoms with Gasteiger partial charge in [-0.25, -0.2) is 4.39 Å². The first-order valence-corrected chi connectivity index (χ1v) is 7.57. The Bertz CT molecular complexity index is 646. The first-order chi connectivity index (χ1) is 8.97. The minimum Gasteiger partial charge on any atom is -0.321 e. The summed E-state index contributed by atoms with van der Waals surface area (Å²) in [6, 6.07) is 9.61. The summed E-state index contributed by atoms with van der Waals surface area (Å²) in [5.41, 5.74) is 0.882. The van der Waals surface area contributed by atoms with Gasteiger partial charge >= 0.3 is 0 Å². The lowest BCUT2D eigenvalue weighted by molar-refractivity contribution is 0.102. The predicted molar refractivity (Wildman–Crippen MR) is 83.9 cm³/mol. The molecule has 2 aromatic carbocycles.